The molecule has 1 aromatic carbocycles. The largest absolute Gasteiger partial charge is 0.478 e. The number of benzene rings is 1. The van der Waals surface area contributed by atoms with Crippen LogP contribution in [0.5, 0.6) is 0 Å². The van der Waals surface area contributed by atoms with Gasteiger partial charge in [0.25, 0.3) is 0 Å². The lowest BCUT2D eigenvalue weighted by molar-refractivity contribution is 0.0696. The van der Waals surface area contributed by atoms with Gasteiger partial charge in [0, 0.05) is 0 Å². The molecular formula is C11H17B3O4. The van der Waals surface area contributed by atoms with Crippen molar-refractivity contribution in [1.82, 2.24) is 0 Å². The molecule has 0 atom stereocenters. The summed E-state index contributed by atoms with van der Waals surface area (Å²) in [5.41, 5.74) is 0.335. The Morgan fingerprint density at radius 2 is 1.67 bits per heavy atom. The molecule has 0 saturated heterocycles. The van der Waals surface area contributed by atoms with E-state index in [0.717, 1.165) is 0 Å². The smallest absolute Gasteiger partial charge is 0.335 e. The highest BCUT2D eigenvalue weighted by Crippen LogP contribution is 2.13. The van der Waals surface area contributed by atoms with Gasteiger partial charge in [-0.1, -0.05) is 18.7 Å². The lowest BCUT2D eigenvalue weighted by Crippen LogP contribution is -2.06. The molecule has 7 heteroatoms. The number of carboxylic acid groups (broad SMARTS) is 2. The zero-order valence-electron chi connectivity index (χ0n) is 11.1. The Labute approximate surface area is 109 Å². The normalized spacial score (nSPS) is 8.94. The molecule has 0 unspecified atom stereocenters. The lowest BCUT2D eigenvalue weighted by Gasteiger charge is -2.03. The Morgan fingerprint density at radius 1 is 1.22 bits per heavy atom. The van der Waals surface area contributed by atoms with Gasteiger partial charge in [-0.25, -0.2) is 9.59 Å². The third-order valence-corrected chi connectivity index (χ3v) is 2.50. The standard InChI is InChI=1S/C9H8O4.C2H9B3/c1-5-6(8(10)11)3-2-4-7(5)9(12)13;3-1-2-5-4/h2-4H,1H3,(H,10,11)(H,12,13);5H,1-4H2. The van der Waals surface area contributed by atoms with Gasteiger partial charge < -0.3 is 10.2 Å². The summed E-state index contributed by atoms with van der Waals surface area (Å²) in [6, 6.07) is 4.17. The van der Waals surface area contributed by atoms with E-state index in [1.807, 2.05) is 0 Å². The van der Waals surface area contributed by atoms with Crippen LogP contribution >= 0.6 is 0 Å². The number of hydrogen-bond donors (Lipinski definition) is 2. The average molecular weight is 246 g/mol. The molecule has 0 aliphatic rings. The van der Waals surface area contributed by atoms with Gasteiger partial charge in [-0.3, -0.25) is 0 Å². The minimum atomic E-state index is -1.11. The summed E-state index contributed by atoms with van der Waals surface area (Å²) in [7, 11) is 5.77. The highest BCUT2D eigenvalue weighted by Gasteiger charge is 2.13. The molecule has 0 aromatic heterocycles. The van der Waals surface area contributed by atoms with Crippen molar-refractivity contribution in [2.45, 2.75) is 19.6 Å². The lowest BCUT2D eigenvalue weighted by atomic mass is 9.52. The third kappa shape index (κ3) is 5.12. The number of hydrogen-bond acceptors (Lipinski definition) is 2. The van der Waals surface area contributed by atoms with Crippen molar-refractivity contribution in [2.24, 2.45) is 0 Å². The zero-order chi connectivity index (χ0) is 14.1. The molecule has 0 aliphatic carbocycles. The van der Waals surface area contributed by atoms with E-state index < -0.39 is 11.9 Å². The van der Waals surface area contributed by atoms with E-state index in [1.54, 1.807) is 0 Å². The van der Waals surface area contributed by atoms with Crippen molar-refractivity contribution in [2.75, 3.05) is 0 Å². The molecule has 0 aliphatic heterocycles. The van der Waals surface area contributed by atoms with Crippen molar-refractivity contribution in [3.8, 4) is 0 Å². The van der Waals surface area contributed by atoms with Crippen molar-refractivity contribution < 1.29 is 19.8 Å². The fraction of sp³-hybridized carbons (Fsp3) is 0.273. The minimum absolute atomic E-state index is 0.0277. The van der Waals surface area contributed by atoms with Crippen LogP contribution in [0.4, 0.5) is 0 Å². The zero-order valence-corrected chi connectivity index (χ0v) is 11.1. The molecule has 1 rings (SSSR count). The SMILES string of the molecule is BBCCB.Cc1c(C(=O)O)cccc1C(=O)O. The summed E-state index contributed by atoms with van der Waals surface area (Å²) in [4.78, 5) is 21.2. The van der Waals surface area contributed by atoms with Crippen LogP contribution in [0.3, 0.4) is 0 Å². The Morgan fingerprint density at radius 3 is 1.89 bits per heavy atom. The van der Waals surface area contributed by atoms with Crippen molar-refractivity contribution in [3.05, 3.63) is 34.9 Å². The molecule has 4 nitrogen and oxygen atoms in total. The van der Waals surface area contributed by atoms with Crippen LogP contribution in [0.1, 0.15) is 26.3 Å². The molecule has 18 heavy (non-hydrogen) atoms. The van der Waals surface area contributed by atoms with Crippen molar-refractivity contribution in [1.29, 1.82) is 0 Å². The first-order chi connectivity index (χ1) is 8.45. The van der Waals surface area contributed by atoms with Crippen LogP contribution in [-0.2, 0) is 0 Å². The van der Waals surface area contributed by atoms with Gasteiger partial charge in [-0.05, 0) is 24.6 Å². The first-order valence-corrected chi connectivity index (χ1v) is 6.01. The van der Waals surface area contributed by atoms with E-state index >= 15 is 0 Å². The van der Waals surface area contributed by atoms with E-state index in [9.17, 15) is 9.59 Å². The minimum Gasteiger partial charge on any atom is -0.478 e. The average Bonchev–Trinajstić information content (AvgIpc) is 2.30. The summed E-state index contributed by atoms with van der Waals surface area (Å²) < 4.78 is 0. The molecular weight excluding hydrogens is 229 g/mol. The number of carboxylic acids is 2. The first-order valence-electron chi connectivity index (χ1n) is 6.01. The second kappa shape index (κ2) is 8.45. The van der Waals surface area contributed by atoms with Crippen molar-refractivity contribution >= 4 is 34.7 Å². The molecule has 1 aromatic rings. The molecule has 0 spiro atoms. The van der Waals surface area contributed by atoms with Crippen LogP contribution in [0.15, 0.2) is 18.2 Å². The summed E-state index contributed by atoms with van der Waals surface area (Å²) in [5.74, 6) is -2.22. The topological polar surface area (TPSA) is 74.6 Å². The van der Waals surface area contributed by atoms with Gasteiger partial charge >= 0.3 is 11.9 Å². The molecule has 0 amide bonds. The fourth-order valence-corrected chi connectivity index (χ4v) is 1.45. The molecule has 2 N–H and O–H groups in total. The van der Waals surface area contributed by atoms with Gasteiger partial charge in [0.15, 0.2) is 0 Å². The summed E-state index contributed by atoms with van der Waals surface area (Å²) in [5, 5.41) is 17.4. The quantitative estimate of drug-likeness (QED) is 0.723. The van der Waals surface area contributed by atoms with E-state index in [4.69, 9.17) is 10.2 Å². The van der Waals surface area contributed by atoms with Gasteiger partial charge in [0.05, 0.1) is 33.9 Å². The van der Waals surface area contributed by atoms with Crippen LogP contribution in [0, 0.1) is 6.92 Å². The predicted molar refractivity (Wildman–Crippen MR) is 78.9 cm³/mol. The van der Waals surface area contributed by atoms with E-state index in [1.165, 1.54) is 44.9 Å². The third-order valence-electron chi connectivity index (χ3n) is 2.50. The molecule has 0 bridgehead atoms. The second-order valence-electron chi connectivity index (χ2n) is 3.94. The van der Waals surface area contributed by atoms with Gasteiger partial charge in [-0.2, -0.15) is 0 Å². The van der Waals surface area contributed by atoms with Gasteiger partial charge in [0.1, 0.15) is 0 Å². The second-order valence-corrected chi connectivity index (χ2v) is 3.94. The van der Waals surface area contributed by atoms with Crippen LogP contribution in [0.25, 0.3) is 0 Å². The number of rotatable bonds is 4. The number of carbonyl (C=O) groups is 2. The van der Waals surface area contributed by atoms with E-state index in [0.29, 0.717) is 0 Å². The van der Waals surface area contributed by atoms with E-state index in [-0.39, 0.29) is 16.7 Å². The predicted octanol–water partition coefficient (Wildman–Crippen LogP) is -0.168. The highest BCUT2D eigenvalue weighted by molar-refractivity contribution is 6.89. The van der Waals surface area contributed by atoms with Gasteiger partial charge in [0.2, 0.25) is 0 Å². The number of aromatic carboxylic acids is 2. The summed E-state index contributed by atoms with van der Waals surface area (Å²) in [6.45, 7) is 1.48. The molecule has 94 valence electrons. The molecule has 0 saturated carbocycles. The van der Waals surface area contributed by atoms with E-state index in [2.05, 4.69) is 15.6 Å². The van der Waals surface area contributed by atoms with Crippen LogP contribution in [0.2, 0.25) is 12.6 Å². The highest BCUT2D eigenvalue weighted by atomic mass is 16.4. The maximum atomic E-state index is 10.6. The van der Waals surface area contributed by atoms with Crippen LogP contribution in [-0.4, -0.2) is 44.9 Å². The maximum Gasteiger partial charge on any atom is 0.335 e. The van der Waals surface area contributed by atoms with Crippen LogP contribution < -0.4 is 0 Å². The molecule has 0 heterocycles. The van der Waals surface area contributed by atoms with Crippen molar-refractivity contribution in [3.63, 3.8) is 0 Å². The monoisotopic (exact) mass is 246 g/mol. The Bertz CT molecular complexity index is 386. The Balaban J connectivity index is 0.000000494. The van der Waals surface area contributed by atoms with Gasteiger partial charge in [-0.15, -0.1) is 0 Å². The first kappa shape index (κ1) is 16.4. The Kier molecular flexibility index (Phi) is 7.67. The molecule has 0 radical (unpaired) electrons. The molecule has 0 fully saturated rings. The summed E-state index contributed by atoms with van der Waals surface area (Å²) in [6.07, 6.45) is 2.73. The Hall–Kier alpha value is -1.65. The maximum absolute atomic E-state index is 10.6. The fourth-order valence-electron chi connectivity index (χ4n) is 1.45. The summed E-state index contributed by atoms with van der Waals surface area (Å²) >= 11 is 0.